The van der Waals surface area contributed by atoms with Gasteiger partial charge in [0.1, 0.15) is 0 Å². The van der Waals surface area contributed by atoms with Crippen molar-refractivity contribution in [1.82, 2.24) is 5.32 Å². The molecule has 0 bridgehead atoms. The number of carbonyl (C=O) groups excluding carboxylic acids is 1. The molecule has 2 saturated carbocycles. The normalized spacial score (nSPS) is 37.8. The summed E-state index contributed by atoms with van der Waals surface area (Å²) in [4.78, 5) is 22.7. The number of carbonyl (C=O) groups is 2. The molecule has 2 N–H and O–H groups in total. The number of aliphatic carboxylic acids is 1. The summed E-state index contributed by atoms with van der Waals surface area (Å²) in [5, 5.41) is 11.9. The molecular weight excluding hydrogens is 206 g/mol. The minimum Gasteiger partial charge on any atom is -0.481 e. The first kappa shape index (κ1) is 11.4. The summed E-state index contributed by atoms with van der Waals surface area (Å²) in [6.07, 6.45) is 4.01. The van der Waals surface area contributed by atoms with E-state index < -0.39 is 5.97 Å². The van der Waals surface area contributed by atoms with Gasteiger partial charge in [-0.25, -0.2) is 0 Å². The highest BCUT2D eigenvalue weighted by Gasteiger charge is 2.37. The van der Waals surface area contributed by atoms with E-state index in [1.165, 1.54) is 0 Å². The molecule has 90 valence electrons. The molecule has 2 fully saturated rings. The molecular formula is C12H19NO3. The third kappa shape index (κ3) is 2.54. The lowest BCUT2D eigenvalue weighted by Crippen LogP contribution is -2.36. The quantitative estimate of drug-likeness (QED) is 0.763. The van der Waals surface area contributed by atoms with Crippen LogP contribution in [0.5, 0.6) is 0 Å². The van der Waals surface area contributed by atoms with Gasteiger partial charge in [0.25, 0.3) is 0 Å². The largest absolute Gasteiger partial charge is 0.481 e. The van der Waals surface area contributed by atoms with Gasteiger partial charge in [-0.05, 0) is 31.6 Å². The third-order valence-electron chi connectivity index (χ3n) is 3.83. The second-order valence-corrected chi connectivity index (χ2v) is 5.23. The number of rotatable bonds is 3. The topological polar surface area (TPSA) is 66.4 Å². The minimum absolute atomic E-state index is 0.0697. The highest BCUT2D eigenvalue weighted by molar-refractivity contribution is 5.80. The van der Waals surface area contributed by atoms with Crippen molar-refractivity contribution < 1.29 is 14.7 Å². The molecule has 0 aliphatic heterocycles. The number of hydrogen-bond acceptors (Lipinski definition) is 2. The third-order valence-corrected chi connectivity index (χ3v) is 3.83. The van der Waals surface area contributed by atoms with Gasteiger partial charge < -0.3 is 10.4 Å². The summed E-state index contributed by atoms with van der Waals surface area (Å²) in [6, 6.07) is 0.345. The van der Waals surface area contributed by atoms with Crippen LogP contribution in [0.3, 0.4) is 0 Å². The van der Waals surface area contributed by atoms with E-state index in [4.69, 9.17) is 5.11 Å². The van der Waals surface area contributed by atoms with Crippen LogP contribution in [0, 0.1) is 17.8 Å². The van der Waals surface area contributed by atoms with Crippen LogP contribution in [0.4, 0.5) is 0 Å². The highest BCUT2D eigenvalue weighted by atomic mass is 16.4. The summed E-state index contributed by atoms with van der Waals surface area (Å²) < 4.78 is 0. The lowest BCUT2D eigenvalue weighted by molar-refractivity contribution is -0.144. The van der Waals surface area contributed by atoms with E-state index in [1.54, 1.807) is 0 Å². The minimum atomic E-state index is -0.753. The van der Waals surface area contributed by atoms with Crippen LogP contribution >= 0.6 is 0 Å². The Bertz CT molecular complexity index is 303. The highest BCUT2D eigenvalue weighted by Crippen LogP contribution is 2.32. The summed E-state index contributed by atoms with van der Waals surface area (Å²) in [5.41, 5.74) is 0. The zero-order valence-electron chi connectivity index (χ0n) is 9.61. The van der Waals surface area contributed by atoms with Crippen molar-refractivity contribution in [3.63, 3.8) is 0 Å². The first-order valence-corrected chi connectivity index (χ1v) is 6.11. The van der Waals surface area contributed by atoms with Crippen LogP contribution in [0.1, 0.15) is 39.0 Å². The Morgan fingerprint density at radius 3 is 2.38 bits per heavy atom. The van der Waals surface area contributed by atoms with Gasteiger partial charge in [-0.2, -0.15) is 0 Å². The fourth-order valence-corrected chi connectivity index (χ4v) is 2.48. The average molecular weight is 225 g/mol. The van der Waals surface area contributed by atoms with Gasteiger partial charge in [-0.1, -0.05) is 13.3 Å². The number of hydrogen-bond donors (Lipinski definition) is 2. The molecule has 16 heavy (non-hydrogen) atoms. The average Bonchev–Trinajstić information content (AvgIpc) is 2.94. The van der Waals surface area contributed by atoms with E-state index >= 15 is 0 Å². The molecule has 2 rings (SSSR count). The zero-order chi connectivity index (χ0) is 11.7. The molecule has 4 nitrogen and oxygen atoms in total. The monoisotopic (exact) mass is 225 g/mol. The van der Waals surface area contributed by atoms with E-state index in [2.05, 4.69) is 12.2 Å². The van der Waals surface area contributed by atoms with Gasteiger partial charge in [-0.15, -0.1) is 0 Å². The molecule has 2 aliphatic carbocycles. The van der Waals surface area contributed by atoms with Gasteiger partial charge in [0, 0.05) is 12.0 Å². The maximum atomic E-state index is 11.9. The molecule has 4 unspecified atom stereocenters. The first-order valence-electron chi connectivity index (χ1n) is 6.11. The van der Waals surface area contributed by atoms with E-state index in [-0.39, 0.29) is 17.7 Å². The van der Waals surface area contributed by atoms with Gasteiger partial charge in [0.2, 0.25) is 5.91 Å². The Labute approximate surface area is 95.4 Å². The van der Waals surface area contributed by atoms with Crippen LogP contribution in [0.2, 0.25) is 0 Å². The Kier molecular flexibility index (Phi) is 3.17. The van der Waals surface area contributed by atoms with Crippen molar-refractivity contribution in [2.75, 3.05) is 0 Å². The number of amides is 1. The first-order chi connectivity index (χ1) is 7.58. The second kappa shape index (κ2) is 4.44. The molecule has 1 amide bonds. The Balaban J connectivity index is 1.83. The maximum absolute atomic E-state index is 11.9. The lowest BCUT2D eigenvalue weighted by atomic mass is 9.81. The molecule has 0 radical (unpaired) electrons. The zero-order valence-corrected chi connectivity index (χ0v) is 9.61. The fourth-order valence-electron chi connectivity index (χ4n) is 2.48. The molecule has 0 aromatic rings. The SMILES string of the molecule is CC1CC1NC(=O)C1CCCC(C(=O)O)C1. The van der Waals surface area contributed by atoms with Gasteiger partial charge >= 0.3 is 5.97 Å². The maximum Gasteiger partial charge on any atom is 0.306 e. The van der Waals surface area contributed by atoms with E-state index in [0.717, 1.165) is 25.7 Å². The van der Waals surface area contributed by atoms with E-state index in [1.807, 2.05) is 0 Å². The smallest absolute Gasteiger partial charge is 0.306 e. The summed E-state index contributed by atoms with van der Waals surface area (Å²) in [5.74, 6) is -0.482. The predicted molar refractivity (Wildman–Crippen MR) is 58.8 cm³/mol. The Hall–Kier alpha value is -1.06. The van der Waals surface area contributed by atoms with Crippen LogP contribution < -0.4 is 5.32 Å². The van der Waals surface area contributed by atoms with Crippen molar-refractivity contribution in [2.24, 2.45) is 17.8 Å². The summed E-state index contributed by atoms with van der Waals surface area (Å²) in [6.45, 7) is 2.12. The molecule has 0 heterocycles. The molecule has 0 spiro atoms. The molecule has 0 aromatic heterocycles. The Morgan fingerprint density at radius 1 is 1.19 bits per heavy atom. The number of carboxylic acids is 1. The van der Waals surface area contributed by atoms with Gasteiger partial charge in [0.05, 0.1) is 5.92 Å². The molecule has 0 saturated heterocycles. The van der Waals surface area contributed by atoms with Crippen molar-refractivity contribution >= 4 is 11.9 Å². The second-order valence-electron chi connectivity index (χ2n) is 5.23. The summed E-state index contributed by atoms with van der Waals surface area (Å²) >= 11 is 0. The van der Waals surface area contributed by atoms with Crippen molar-refractivity contribution in [3.05, 3.63) is 0 Å². The van der Waals surface area contributed by atoms with Crippen LogP contribution in [0.15, 0.2) is 0 Å². The molecule has 2 aliphatic rings. The standard InChI is InChI=1S/C12H19NO3/c1-7-5-10(7)13-11(14)8-3-2-4-9(6-8)12(15)16/h7-10H,2-6H2,1H3,(H,13,14)(H,15,16). The molecule has 0 aromatic carbocycles. The number of nitrogens with one attached hydrogen (secondary N) is 1. The Morgan fingerprint density at radius 2 is 1.81 bits per heavy atom. The van der Waals surface area contributed by atoms with Crippen LogP contribution in [-0.4, -0.2) is 23.0 Å². The fraction of sp³-hybridized carbons (Fsp3) is 0.833. The van der Waals surface area contributed by atoms with Crippen molar-refractivity contribution in [3.8, 4) is 0 Å². The van der Waals surface area contributed by atoms with Crippen LogP contribution in [0.25, 0.3) is 0 Å². The molecule has 4 atom stereocenters. The lowest BCUT2D eigenvalue weighted by Gasteiger charge is -2.25. The predicted octanol–water partition coefficient (Wildman–Crippen LogP) is 1.40. The molecule has 4 heteroatoms. The van der Waals surface area contributed by atoms with Crippen molar-refractivity contribution in [2.45, 2.75) is 45.1 Å². The van der Waals surface area contributed by atoms with Crippen LogP contribution in [-0.2, 0) is 9.59 Å². The van der Waals surface area contributed by atoms with Gasteiger partial charge in [-0.3, -0.25) is 9.59 Å². The van der Waals surface area contributed by atoms with Gasteiger partial charge in [0.15, 0.2) is 0 Å². The summed E-state index contributed by atoms with van der Waals surface area (Å²) in [7, 11) is 0. The van der Waals surface area contributed by atoms with E-state index in [0.29, 0.717) is 18.4 Å². The van der Waals surface area contributed by atoms with E-state index in [9.17, 15) is 9.59 Å². The number of carboxylic acid groups (broad SMARTS) is 1. The van der Waals surface area contributed by atoms with Crippen molar-refractivity contribution in [1.29, 1.82) is 0 Å².